The van der Waals surface area contributed by atoms with E-state index in [2.05, 4.69) is 4.72 Å². The van der Waals surface area contributed by atoms with Gasteiger partial charge in [-0.1, -0.05) is 0 Å². The van der Waals surface area contributed by atoms with Crippen LogP contribution in [0.25, 0.3) is 0 Å². The molecule has 0 rings (SSSR count). The smallest absolute Gasteiger partial charge is 0.219 e. The van der Waals surface area contributed by atoms with E-state index in [9.17, 15) is 13.2 Å². The number of halogens is 1. The molecule has 0 aromatic rings. The summed E-state index contributed by atoms with van der Waals surface area (Å²) >= 11 is 5.46. The number of primary amides is 1. The lowest BCUT2D eigenvalue weighted by Crippen LogP contribution is -2.46. The number of hydrogen-bond donors (Lipinski definition) is 2. The first kappa shape index (κ1) is 15.7. The molecule has 0 heterocycles. The van der Waals surface area contributed by atoms with E-state index in [0.717, 1.165) is 0 Å². The molecule has 96 valence electrons. The van der Waals surface area contributed by atoms with Crippen molar-refractivity contribution < 1.29 is 13.2 Å². The lowest BCUT2D eigenvalue weighted by molar-refractivity contribution is -0.119. The summed E-state index contributed by atoms with van der Waals surface area (Å²) in [6.45, 7) is 3.24. The van der Waals surface area contributed by atoms with Crippen LogP contribution >= 0.6 is 11.6 Å². The number of rotatable bonds is 8. The average molecular weight is 271 g/mol. The molecule has 0 aromatic heterocycles. The van der Waals surface area contributed by atoms with Crippen molar-refractivity contribution in [2.45, 2.75) is 38.6 Å². The Labute approximate surface area is 102 Å². The van der Waals surface area contributed by atoms with Crippen molar-refractivity contribution in [1.82, 2.24) is 4.72 Å². The van der Waals surface area contributed by atoms with Gasteiger partial charge in [-0.3, -0.25) is 4.79 Å². The Bertz CT molecular complexity index is 328. The van der Waals surface area contributed by atoms with Gasteiger partial charge in [0.05, 0.1) is 5.75 Å². The molecule has 0 fully saturated rings. The monoisotopic (exact) mass is 270 g/mol. The van der Waals surface area contributed by atoms with Crippen molar-refractivity contribution >= 4 is 27.5 Å². The van der Waals surface area contributed by atoms with Crippen LogP contribution in [-0.2, 0) is 14.8 Å². The summed E-state index contributed by atoms with van der Waals surface area (Å²) in [4.78, 5) is 10.7. The summed E-state index contributed by atoms with van der Waals surface area (Å²) in [5, 5.41) is 0. The number of nitrogens with one attached hydrogen (secondary N) is 1. The molecule has 0 spiro atoms. The second-order valence-electron chi connectivity index (χ2n) is 4.34. The summed E-state index contributed by atoms with van der Waals surface area (Å²) in [6.07, 6.45) is 1.13. The number of sulfonamides is 1. The Hall–Kier alpha value is -0.330. The summed E-state index contributed by atoms with van der Waals surface area (Å²) in [5.74, 6) is -0.0734. The van der Waals surface area contributed by atoms with E-state index in [4.69, 9.17) is 17.3 Å². The maximum atomic E-state index is 11.6. The minimum absolute atomic E-state index is 0.0158. The van der Waals surface area contributed by atoms with Crippen molar-refractivity contribution in [3.8, 4) is 0 Å². The molecule has 1 amide bonds. The van der Waals surface area contributed by atoms with Crippen molar-refractivity contribution in [2.75, 3.05) is 11.6 Å². The van der Waals surface area contributed by atoms with Gasteiger partial charge in [-0.25, -0.2) is 13.1 Å². The van der Waals surface area contributed by atoms with E-state index in [1.165, 1.54) is 0 Å². The van der Waals surface area contributed by atoms with Crippen LogP contribution in [0, 0.1) is 0 Å². The Morgan fingerprint density at radius 2 is 1.94 bits per heavy atom. The van der Waals surface area contributed by atoms with E-state index < -0.39 is 21.5 Å². The Morgan fingerprint density at radius 1 is 1.38 bits per heavy atom. The highest BCUT2D eigenvalue weighted by Crippen LogP contribution is 2.10. The maximum absolute atomic E-state index is 11.6. The van der Waals surface area contributed by atoms with Crippen LogP contribution in [0.4, 0.5) is 0 Å². The number of nitrogens with two attached hydrogens (primary N) is 1. The molecule has 0 aliphatic heterocycles. The van der Waals surface area contributed by atoms with Gasteiger partial charge in [0, 0.05) is 17.8 Å². The van der Waals surface area contributed by atoms with E-state index in [1.807, 2.05) is 0 Å². The highest BCUT2D eigenvalue weighted by Gasteiger charge is 2.26. The van der Waals surface area contributed by atoms with Crippen molar-refractivity contribution in [3.05, 3.63) is 0 Å². The van der Waals surface area contributed by atoms with E-state index in [1.54, 1.807) is 13.8 Å². The van der Waals surface area contributed by atoms with Crippen LogP contribution in [0.5, 0.6) is 0 Å². The van der Waals surface area contributed by atoms with Crippen LogP contribution in [0.2, 0.25) is 0 Å². The molecule has 0 saturated heterocycles. The molecule has 16 heavy (non-hydrogen) atoms. The van der Waals surface area contributed by atoms with Crippen LogP contribution in [0.3, 0.4) is 0 Å². The molecule has 0 saturated carbocycles. The number of carbonyl (C=O) groups is 1. The molecule has 3 N–H and O–H groups in total. The highest BCUT2D eigenvalue weighted by molar-refractivity contribution is 7.89. The van der Waals surface area contributed by atoms with Gasteiger partial charge in [0.25, 0.3) is 0 Å². The number of hydrogen-bond acceptors (Lipinski definition) is 3. The molecule has 0 aliphatic rings. The first-order valence-corrected chi connectivity index (χ1v) is 7.23. The van der Waals surface area contributed by atoms with Gasteiger partial charge in [-0.2, -0.15) is 0 Å². The molecular weight excluding hydrogens is 252 g/mol. The standard InChI is InChI=1S/C9H19ClN2O3S/c1-9(2,7-8(11)13)12-16(14,15)6-4-3-5-10/h12H,3-7H2,1-2H3,(H2,11,13). The largest absolute Gasteiger partial charge is 0.370 e. The van der Waals surface area contributed by atoms with Gasteiger partial charge in [-0.05, 0) is 26.7 Å². The summed E-state index contributed by atoms with van der Waals surface area (Å²) in [5.41, 5.74) is 4.19. The maximum Gasteiger partial charge on any atom is 0.219 e. The predicted molar refractivity (Wildman–Crippen MR) is 64.8 cm³/mol. The van der Waals surface area contributed by atoms with Gasteiger partial charge in [0.1, 0.15) is 0 Å². The number of amides is 1. The van der Waals surface area contributed by atoms with Crippen LogP contribution < -0.4 is 10.5 Å². The third kappa shape index (κ3) is 7.90. The summed E-state index contributed by atoms with van der Waals surface area (Å²) in [6, 6.07) is 0. The number of alkyl halides is 1. The topological polar surface area (TPSA) is 89.3 Å². The fraction of sp³-hybridized carbons (Fsp3) is 0.889. The lowest BCUT2D eigenvalue weighted by atomic mass is 10.0. The fourth-order valence-electron chi connectivity index (χ4n) is 1.33. The summed E-state index contributed by atoms with van der Waals surface area (Å²) in [7, 11) is -3.37. The zero-order valence-electron chi connectivity index (χ0n) is 9.62. The molecule has 0 aliphatic carbocycles. The van der Waals surface area contributed by atoms with Crippen LogP contribution in [0.1, 0.15) is 33.1 Å². The number of carbonyl (C=O) groups excluding carboxylic acids is 1. The molecule has 0 unspecified atom stereocenters. The van der Waals surface area contributed by atoms with Gasteiger partial charge in [0.15, 0.2) is 0 Å². The zero-order valence-corrected chi connectivity index (χ0v) is 11.2. The minimum atomic E-state index is -3.37. The third-order valence-corrected chi connectivity index (χ3v) is 3.80. The lowest BCUT2D eigenvalue weighted by Gasteiger charge is -2.24. The quantitative estimate of drug-likeness (QED) is 0.499. The molecule has 0 atom stereocenters. The van der Waals surface area contributed by atoms with Gasteiger partial charge >= 0.3 is 0 Å². The second-order valence-corrected chi connectivity index (χ2v) is 6.56. The van der Waals surface area contributed by atoms with Crippen molar-refractivity contribution in [2.24, 2.45) is 5.73 Å². The SMILES string of the molecule is CC(C)(CC(N)=O)NS(=O)(=O)CCCCCl. The molecule has 5 nitrogen and oxygen atoms in total. The first-order chi connectivity index (χ1) is 7.18. The molecule has 0 radical (unpaired) electrons. The molecular formula is C9H19ClN2O3S. The van der Waals surface area contributed by atoms with Gasteiger partial charge in [-0.15, -0.1) is 11.6 Å². The Kier molecular flexibility index (Phi) is 6.28. The van der Waals surface area contributed by atoms with Crippen molar-refractivity contribution in [3.63, 3.8) is 0 Å². The normalized spacial score (nSPS) is 12.7. The van der Waals surface area contributed by atoms with Crippen LogP contribution in [0.15, 0.2) is 0 Å². The predicted octanol–water partition coefficient (Wildman–Crippen LogP) is 0.579. The molecule has 0 bridgehead atoms. The average Bonchev–Trinajstić information content (AvgIpc) is 1.98. The second kappa shape index (κ2) is 6.42. The van der Waals surface area contributed by atoms with E-state index >= 15 is 0 Å². The van der Waals surface area contributed by atoms with Crippen molar-refractivity contribution in [1.29, 1.82) is 0 Å². The van der Waals surface area contributed by atoms with Gasteiger partial charge < -0.3 is 5.73 Å². The Balaban J connectivity index is 4.29. The zero-order chi connectivity index (χ0) is 12.8. The molecule has 7 heteroatoms. The Morgan fingerprint density at radius 3 is 2.38 bits per heavy atom. The van der Waals surface area contributed by atoms with E-state index in [0.29, 0.717) is 18.7 Å². The van der Waals surface area contributed by atoms with E-state index in [-0.39, 0.29) is 12.2 Å². The minimum Gasteiger partial charge on any atom is -0.370 e. The molecule has 0 aromatic carbocycles. The highest BCUT2D eigenvalue weighted by atomic mass is 35.5. The van der Waals surface area contributed by atoms with Crippen LogP contribution in [-0.4, -0.2) is 31.5 Å². The third-order valence-electron chi connectivity index (χ3n) is 1.84. The summed E-state index contributed by atoms with van der Waals surface area (Å²) < 4.78 is 25.6. The van der Waals surface area contributed by atoms with Gasteiger partial charge in [0.2, 0.25) is 15.9 Å². The fourth-order valence-corrected chi connectivity index (χ4v) is 3.12. The first-order valence-electron chi connectivity index (χ1n) is 5.04. The number of unbranched alkanes of at least 4 members (excludes halogenated alkanes) is 1.